The molecule has 0 bridgehead atoms. The predicted molar refractivity (Wildman–Crippen MR) is 119 cm³/mol. The quantitative estimate of drug-likeness (QED) is 0.488. The number of aromatic nitrogens is 2. The Morgan fingerprint density at radius 3 is 2.96 bits per heavy atom. The molecule has 1 radical (unpaired) electrons. The van der Waals surface area contributed by atoms with Crippen LogP contribution in [0.3, 0.4) is 0 Å². The van der Waals surface area contributed by atoms with Crippen LogP contribution in [0.5, 0.6) is 0 Å². The van der Waals surface area contributed by atoms with Crippen molar-refractivity contribution in [1.82, 2.24) is 20.0 Å². The molecule has 28 heavy (non-hydrogen) atoms. The molecule has 1 N–H and O–H groups in total. The van der Waals surface area contributed by atoms with E-state index < -0.39 is 0 Å². The Morgan fingerprint density at radius 2 is 2.14 bits per heavy atom. The average molecular weight is 475 g/mol. The molecular weight excluding hydrogens is 456 g/mol. The third-order valence-electron chi connectivity index (χ3n) is 5.23. The summed E-state index contributed by atoms with van der Waals surface area (Å²) in [5.74, 6) is 1.02. The van der Waals surface area contributed by atoms with Crippen molar-refractivity contribution in [2.45, 2.75) is 31.2 Å². The van der Waals surface area contributed by atoms with E-state index in [0.717, 1.165) is 56.2 Å². The molecule has 0 saturated carbocycles. The summed E-state index contributed by atoms with van der Waals surface area (Å²) in [6, 6.07) is 14.4. The predicted octanol–water partition coefficient (Wildman–Crippen LogP) is 6.23. The van der Waals surface area contributed by atoms with Crippen LogP contribution in [0.2, 0.25) is 5.02 Å². The third kappa shape index (κ3) is 3.26. The first-order valence-corrected chi connectivity index (χ1v) is 11.4. The number of H-pyrrole nitrogens is 1. The molecule has 7 heteroatoms. The van der Waals surface area contributed by atoms with Crippen molar-refractivity contribution < 1.29 is 0 Å². The van der Waals surface area contributed by atoms with Gasteiger partial charge in [-0.1, -0.05) is 41.6 Å². The van der Waals surface area contributed by atoms with E-state index in [1.165, 1.54) is 0 Å². The molecular formula is C21H19BrClN4S. The summed E-state index contributed by atoms with van der Waals surface area (Å²) < 4.78 is 1.02. The normalized spacial score (nSPS) is 23.0. The van der Waals surface area contributed by atoms with Gasteiger partial charge in [-0.3, -0.25) is 5.01 Å². The van der Waals surface area contributed by atoms with Crippen LogP contribution in [0, 0.1) is 6.20 Å². The van der Waals surface area contributed by atoms with Gasteiger partial charge in [0.2, 0.25) is 0 Å². The van der Waals surface area contributed by atoms with Crippen molar-refractivity contribution in [2.75, 3.05) is 6.54 Å². The van der Waals surface area contributed by atoms with Gasteiger partial charge in [0.05, 0.1) is 23.1 Å². The summed E-state index contributed by atoms with van der Waals surface area (Å²) in [6.45, 7) is 3.23. The van der Waals surface area contributed by atoms with E-state index in [9.17, 15) is 0 Å². The topological polar surface area (TPSA) is 35.2 Å². The summed E-state index contributed by atoms with van der Waals surface area (Å²) in [5, 5.41) is 5.69. The maximum Gasteiger partial charge on any atom is 0.126 e. The number of para-hydroxylation sites is 1. The molecule has 1 saturated heterocycles. The van der Waals surface area contributed by atoms with Gasteiger partial charge in [-0.2, -0.15) is 0 Å². The zero-order valence-corrected chi connectivity index (χ0v) is 18.5. The average Bonchev–Trinajstić information content (AvgIpc) is 3.39. The van der Waals surface area contributed by atoms with Crippen LogP contribution < -0.4 is 0 Å². The van der Waals surface area contributed by atoms with Crippen molar-refractivity contribution in [2.24, 2.45) is 0 Å². The minimum absolute atomic E-state index is 0.230. The van der Waals surface area contributed by atoms with Gasteiger partial charge in [-0.25, -0.2) is 9.99 Å². The summed E-state index contributed by atoms with van der Waals surface area (Å²) in [4.78, 5) is 9.56. The molecule has 1 fully saturated rings. The highest BCUT2D eigenvalue weighted by atomic mass is 79.9. The number of thioether (sulfide) groups is 1. The van der Waals surface area contributed by atoms with Gasteiger partial charge in [0.1, 0.15) is 11.3 Å². The van der Waals surface area contributed by atoms with Crippen LogP contribution in [-0.4, -0.2) is 31.9 Å². The Bertz CT molecular complexity index is 1070. The fraction of sp³-hybridized carbons (Fsp3) is 0.286. The Balaban J connectivity index is 1.46. The highest BCUT2D eigenvalue weighted by Crippen LogP contribution is 2.44. The van der Waals surface area contributed by atoms with Crippen molar-refractivity contribution in [3.8, 4) is 0 Å². The standard InChI is InChI=1S/C21H19BrClN4S/c1-13-27(12-19(28-13)14-5-2-6-15(23)11-14)26-10-4-9-18(26)21-24-17-8-3-7-16(22)20(17)25-21/h2-3,5-8,11,13,18H,4,9-10H2,1H3,(H,24,25). The highest BCUT2D eigenvalue weighted by Gasteiger charge is 2.37. The molecule has 3 aromatic rings. The molecule has 143 valence electrons. The largest absolute Gasteiger partial charge is 0.341 e. The molecule has 5 rings (SSSR count). The van der Waals surface area contributed by atoms with Crippen LogP contribution in [-0.2, 0) is 0 Å². The van der Waals surface area contributed by atoms with Gasteiger partial charge in [0.25, 0.3) is 0 Å². The van der Waals surface area contributed by atoms with Crippen molar-refractivity contribution in [3.63, 3.8) is 0 Å². The Hall–Kier alpha value is -1.47. The first-order chi connectivity index (χ1) is 13.6. The zero-order chi connectivity index (χ0) is 19.3. The number of nitrogens with zero attached hydrogens (tertiary/aromatic N) is 3. The van der Waals surface area contributed by atoms with Crippen molar-refractivity contribution in [3.05, 3.63) is 69.5 Å². The van der Waals surface area contributed by atoms with Gasteiger partial charge < -0.3 is 4.98 Å². The molecule has 2 aromatic carbocycles. The molecule has 2 atom stereocenters. The van der Waals surface area contributed by atoms with Gasteiger partial charge in [-0.05, 0) is 65.5 Å². The second kappa shape index (κ2) is 7.41. The first-order valence-electron chi connectivity index (χ1n) is 9.36. The van der Waals surface area contributed by atoms with E-state index in [-0.39, 0.29) is 11.4 Å². The lowest BCUT2D eigenvalue weighted by Crippen LogP contribution is -2.41. The number of hydrogen-bond acceptors (Lipinski definition) is 4. The molecule has 2 unspecified atom stereocenters. The number of hydrogen-bond donors (Lipinski definition) is 1. The number of hydrazine groups is 1. The van der Waals surface area contributed by atoms with Crippen molar-refractivity contribution in [1.29, 1.82) is 0 Å². The minimum Gasteiger partial charge on any atom is -0.341 e. The maximum absolute atomic E-state index is 6.19. The summed E-state index contributed by atoms with van der Waals surface area (Å²) in [6.07, 6.45) is 5.83. The van der Waals surface area contributed by atoms with Crippen LogP contribution in [0.1, 0.15) is 37.2 Å². The highest BCUT2D eigenvalue weighted by molar-refractivity contribution is 9.10. The van der Waals surface area contributed by atoms with E-state index in [2.05, 4.69) is 56.2 Å². The number of aromatic amines is 1. The smallest absolute Gasteiger partial charge is 0.126 e. The second-order valence-corrected chi connectivity index (χ2v) is 9.71. The SMILES string of the molecule is CC1SC(c2cccc(Cl)c2)=[C]N1N1CCCC1c1nc2c(Br)cccc2[nH]1. The number of nitrogens with one attached hydrogen (secondary N) is 1. The number of imidazole rings is 1. The van der Waals surface area contributed by atoms with Crippen molar-refractivity contribution >= 4 is 55.2 Å². The van der Waals surface area contributed by atoms with Crippen LogP contribution in [0.4, 0.5) is 0 Å². The molecule has 0 aliphatic carbocycles. The van der Waals surface area contributed by atoms with E-state index in [0.29, 0.717) is 0 Å². The van der Waals surface area contributed by atoms with E-state index in [1.807, 2.05) is 42.1 Å². The fourth-order valence-corrected chi connectivity index (χ4v) is 5.61. The number of rotatable bonds is 3. The molecule has 2 aliphatic heterocycles. The molecule has 3 heterocycles. The lowest BCUT2D eigenvalue weighted by Gasteiger charge is -2.34. The fourth-order valence-electron chi connectivity index (χ4n) is 3.94. The molecule has 0 amide bonds. The molecule has 1 aromatic heterocycles. The molecule has 4 nitrogen and oxygen atoms in total. The monoisotopic (exact) mass is 473 g/mol. The van der Waals surface area contributed by atoms with E-state index >= 15 is 0 Å². The second-order valence-electron chi connectivity index (χ2n) is 7.09. The van der Waals surface area contributed by atoms with E-state index in [1.54, 1.807) is 0 Å². The van der Waals surface area contributed by atoms with Gasteiger partial charge >= 0.3 is 0 Å². The number of benzene rings is 2. The Labute approximate surface area is 182 Å². The third-order valence-corrected chi connectivity index (χ3v) is 7.21. The maximum atomic E-state index is 6.19. The lowest BCUT2D eigenvalue weighted by atomic mass is 10.2. The number of fused-ring (bicyclic) bond motifs is 1. The molecule has 0 spiro atoms. The zero-order valence-electron chi connectivity index (χ0n) is 15.3. The molecule has 2 aliphatic rings. The van der Waals surface area contributed by atoms with Gasteiger partial charge in [0.15, 0.2) is 0 Å². The number of halogens is 2. The van der Waals surface area contributed by atoms with Crippen LogP contribution in [0.15, 0.2) is 46.9 Å². The van der Waals surface area contributed by atoms with Crippen LogP contribution in [0.25, 0.3) is 15.9 Å². The summed E-state index contributed by atoms with van der Waals surface area (Å²) >= 11 is 11.6. The summed E-state index contributed by atoms with van der Waals surface area (Å²) in [5.41, 5.74) is 3.18. The van der Waals surface area contributed by atoms with Gasteiger partial charge in [0, 0.05) is 20.9 Å². The van der Waals surface area contributed by atoms with Gasteiger partial charge in [-0.15, -0.1) is 0 Å². The first kappa shape index (κ1) is 18.6. The summed E-state index contributed by atoms with van der Waals surface area (Å²) in [7, 11) is 0. The van der Waals surface area contributed by atoms with E-state index in [4.69, 9.17) is 16.6 Å². The Morgan fingerprint density at radius 1 is 1.29 bits per heavy atom. The Kier molecular flexibility index (Phi) is 4.91. The minimum atomic E-state index is 0.230. The lowest BCUT2D eigenvalue weighted by molar-refractivity contribution is -0.00548. The van der Waals surface area contributed by atoms with Crippen LogP contribution >= 0.6 is 39.3 Å².